The first-order valence-electron chi connectivity index (χ1n) is 7.31. The number of thiazole rings is 1. The van der Waals surface area contributed by atoms with Gasteiger partial charge in [0.05, 0.1) is 5.75 Å². The quantitative estimate of drug-likeness (QED) is 0.457. The van der Waals surface area contributed by atoms with Crippen LogP contribution < -0.4 is 11.2 Å². The van der Waals surface area contributed by atoms with Crippen LogP contribution >= 0.6 is 23.1 Å². The van der Waals surface area contributed by atoms with Crippen LogP contribution in [0.2, 0.25) is 0 Å². The number of fused-ring (bicyclic) bond motifs is 1. The number of nitrogens with one attached hydrogen (secondary N) is 2. The van der Waals surface area contributed by atoms with Gasteiger partial charge >= 0.3 is 0 Å². The molecule has 1 amide bonds. The van der Waals surface area contributed by atoms with Crippen molar-refractivity contribution in [3.8, 4) is 11.5 Å². The number of carbonyl (C=O) groups is 1. The Bertz CT molecular complexity index is 869. The second-order valence-corrected chi connectivity index (χ2v) is 7.07. The van der Waals surface area contributed by atoms with E-state index in [1.54, 1.807) is 11.6 Å². The van der Waals surface area contributed by atoms with Crippen molar-refractivity contribution in [3.63, 3.8) is 0 Å². The van der Waals surface area contributed by atoms with Crippen molar-refractivity contribution in [1.82, 2.24) is 30.1 Å². The van der Waals surface area contributed by atoms with Gasteiger partial charge in [-0.15, -0.1) is 21.5 Å². The Balaban J connectivity index is 1.45. The average Bonchev–Trinajstić information content (AvgIpc) is 3.30. The lowest BCUT2D eigenvalue weighted by atomic mass is 10.2. The zero-order chi connectivity index (χ0) is 16.5. The van der Waals surface area contributed by atoms with Crippen molar-refractivity contribution in [2.75, 3.05) is 16.9 Å². The Morgan fingerprint density at radius 3 is 3.21 bits per heavy atom. The smallest absolute Gasteiger partial charge is 0.236 e. The zero-order valence-electron chi connectivity index (χ0n) is 12.5. The SMILES string of the molecule is Nn1c(SCC(=O)Nc2nccs2)nnc1-c1n[nH]c2c1CCC2. The number of H-pyrrole nitrogens is 1. The number of carbonyl (C=O) groups excluding carboxylic acids is 1. The molecule has 0 aromatic carbocycles. The second kappa shape index (κ2) is 6.24. The lowest BCUT2D eigenvalue weighted by Gasteiger charge is -2.03. The van der Waals surface area contributed by atoms with Crippen LogP contribution in [0.5, 0.6) is 0 Å². The fraction of sp³-hybridized carbons (Fsp3) is 0.308. The van der Waals surface area contributed by atoms with E-state index in [-0.39, 0.29) is 11.7 Å². The molecule has 4 N–H and O–H groups in total. The standard InChI is InChI=1S/C13H14N8OS2/c14-21-11(10-7-2-1-3-8(7)17-18-10)19-20-13(21)24-6-9(22)16-12-15-4-5-23-12/h4-5H,1-3,6,14H2,(H,17,18)(H,15,16,22). The number of nitrogens with zero attached hydrogens (tertiary/aromatic N) is 5. The third-order valence-corrected chi connectivity index (χ3v) is 5.33. The maximum absolute atomic E-state index is 11.9. The topological polar surface area (TPSA) is 127 Å². The molecule has 0 saturated heterocycles. The number of aromatic amines is 1. The van der Waals surface area contributed by atoms with E-state index >= 15 is 0 Å². The molecule has 0 atom stereocenters. The molecule has 0 saturated carbocycles. The van der Waals surface area contributed by atoms with Crippen LogP contribution in [0.15, 0.2) is 16.7 Å². The minimum absolute atomic E-state index is 0.167. The van der Waals surface area contributed by atoms with Gasteiger partial charge in [0.25, 0.3) is 0 Å². The largest absolute Gasteiger partial charge is 0.335 e. The molecule has 1 aliphatic rings. The number of thioether (sulfide) groups is 1. The first-order chi connectivity index (χ1) is 11.7. The molecule has 24 heavy (non-hydrogen) atoms. The number of aryl methyl sites for hydroxylation is 1. The zero-order valence-corrected chi connectivity index (χ0v) is 14.2. The molecule has 3 aromatic heterocycles. The molecule has 1 aliphatic carbocycles. The summed E-state index contributed by atoms with van der Waals surface area (Å²) in [6, 6.07) is 0. The summed E-state index contributed by atoms with van der Waals surface area (Å²) in [6.07, 6.45) is 4.71. The second-order valence-electron chi connectivity index (χ2n) is 5.23. The molecule has 3 aromatic rings. The third kappa shape index (κ3) is 2.76. The van der Waals surface area contributed by atoms with Crippen molar-refractivity contribution in [2.45, 2.75) is 24.4 Å². The highest BCUT2D eigenvalue weighted by Gasteiger charge is 2.24. The Kier molecular flexibility index (Phi) is 3.94. The van der Waals surface area contributed by atoms with Crippen molar-refractivity contribution in [2.24, 2.45) is 0 Å². The molecular weight excluding hydrogens is 348 g/mol. The van der Waals surface area contributed by atoms with E-state index in [1.807, 2.05) is 0 Å². The first kappa shape index (κ1) is 15.1. The molecule has 0 radical (unpaired) electrons. The van der Waals surface area contributed by atoms with E-state index < -0.39 is 0 Å². The minimum Gasteiger partial charge on any atom is -0.335 e. The van der Waals surface area contributed by atoms with Gasteiger partial charge in [-0.3, -0.25) is 9.89 Å². The monoisotopic (exact) mass is 362 g/mol. The van der Waals surface area contributed by atoms with E-state index in [0.717, 1.165) is 36.2 Å². The predicted octanol–water partition coefficient (Wildman–Crippen LogP) is 1.06. The van der Waals surface area contributed by atoms with Crippen LogP contribution in [-0.2, 0) is 17.6 Å². The number of nitrogens with two attached hydrogens (primary N) is 1. The summed E-state index contributed by atoms with van der Waals surface area (Å²) in [7, 11) is 0. The van der Waals surface area contributed by atoms with Gasteiger partial charge < -0.3 is 11.2 Å². The predicted molar refractivity (Wildman–Crippen MR) is 91.2 cm³/mol. The third-order valence-electron chi connectivity index (χ3n) is 3.69. The molecule has 124 valence electrons. The van der Waals surface area contributed by atoms with Gasteiger partial charge in [0, 0.05) is 22.8 Å². The Morgan fingerprint density at radius 2 is 2.38 bits per heavy atom. The fourth-order valence-corrected chi connectivity index (χ4v) is 3.81. The van der Waals surface area contributed by atoms with Gasteiger partial charge in [-0.2, -0.15) is 5.10 Å². The lowest BCUT2D eigenvalue weighted by Crippen LogP contribution is -2.16. The van der Waals surface area contributed by atoms with Crippen LogP contribution in [-0.4, -0.2) is 41.7 Å². The molecule has 3 heterocycles. The summed E-state index contributed by atoms with van der Waals surface area (Å²) < 4.78 is 1.39. The molecular formula is C13H14N8OS2. The highest BCUT2D eigenvalue weighted by atomic mass is 32.2. The summed E-state index contributed by atoms with van der Waals surface area (Å²) in [6.45, 7) is 0. The summed E-state index contributed by atoms with van der Waals surface area (Å²) in [5.74, 6) is 6.60. The van der Waals surface area contributed by atoms with Crippen LogP contribution in [0.4, 0.5) is 5.13 Å². The number of anilines is 1. The van der Waals surface area contributed by atoms with Crippen molar-refractivity contribution in [1.29, 1.82) is 0 Å². The van der Waals surface area contributed by atoms with Gasteiger partial charge in [-0.05, 0) is 19.3 Å². The Morgan fingerprint density at radius 1 is 1.46 bits per heavy atom. The average molecular weight is 362 g/mol. The van der Waals surface area contributed by atoms with E-state index in [2.05, 4.69) is 30.7 Å². The van der Waals surface area contributed by atoms with Gasteiger partial charge in [-0.25, -0.2) is 9.66 Å². The summed E-state index contributed by atoms with van der Waals surface area (Å²) in [5.41, 5.74) is 3.05. The van der Waals surface area contributed by atoms with E-state index in [9.17, 15) is 4.79 Å². The molecule has 4 rings (SSSR count). The van der Waals surface area contributed by atoms with Gasteiger partial charge in [0.1, 0.15) is 5.69 Å². The van der Waals surface area contributed by atoms with E-state index in [0.29, 0.717) is 16.1 Å². The van der Waals surface area contributed by atoms with Crippen molar-refractivity contribution < 1.29 is 4.79 Å². The Hall–Kier alpha value is -2.40. The van der Waals surface area contributed by atoms with Crippen LogP contribution in [0.3, 0.4) is 0 Å². The highest BCUT2D eigenvalue weighted by molar-refractivity contribution is 7.99. The van der Waals surface area contributed by atoms with E-state index in [4.69, 9.17) is 5.84 Å². The summed E-state index contributed by atoms with van der Waals surface area (Å²) >= 11 is 2.59. The molecule has 0 spiro atoms. The molecule has 0 unspecified atom stereocenters. The molecule has 11 heteroatoms. The molecule has 9 nitrogen and oxygen atoms in total. The molecule has 0 bridgehead atoms. The molecule has 0 aliphatic heterocycles. The first-order valence-corrected chi connectivity index (χ1v) is 9.18. The highest BCUT2D eigenvalue weighted by Crippen LogP contribution is 2.30. The number of hydrogen-bond donors (Lipinski definition) is 3. The van der Waals surface area contributed by atoms with Crippen LogP contribution in [0, 0.1) is 0 Å². The maximum Gasteiger partial charge on any atom is 0.236 e. The van der Waals surface area contributed by atoms with Gasteiger partial charge in [-0.1, -0.05) is 11.8 Å². The van der Waals surface area contributed by atoms with Gasteiger partial charge in [0.15, 0.2) is 5.13 Å². The number of rotatable bonds is 5. The number of amides is 1. The van der Waals surface area contributed by atoms with Crippen molar-refractivity contribution in [3.05, 3.63) is 22.8 Å². The lowest BCUT2D eigenvalue weighted by molar-refractivity contribution is -0.113. The number of hydrogen-bond acceptors (Lipinski definition) is 8. The number of nitrogen functional groups attached to an aromatic ring is 1. The minimum atomic E-state index is -0.167. The summed E-state index contributed by atoms with van der Waals surface area (Å²) in [4.78, 5) is 15.9. The maximum atomic E-state index is 11.9. The van der Waals surface area contributed by atoms with Crippen LogP contribution in [0.1, 0.15) is 17.7 Å². The van der Waals surface area contributed by atoms with Crippen molar-refractivity contribution >= 4 is 34.1 Å². The Labute approximate surface area is 145 Å². The van der Waals surface area contributed by atoms with Gasteiger partial charge in [0.2, 0.25) is 16.9 Å². The van der Waals surface area contributed by atoms with Crippen LogP contribution in [0.25, 0.3) is 11.5 Å². The fourth-order valence-electron chi connectivity index (χ4n) is 2.61. The molecule has 0 fully saturated rings. The summed E-state index contributed by atoms with van der Waals surface area (Å²) in [5, 5.41) is 21.1. The normalized spacial score (nSPS) is 13.2. The number of aromatic nitrogens is 6. The van der Waals surface area contributed by atoms with E-state index in [1.165, 1.54) is 27.8 Å².